The first-order valence-corrected chi connectivity index (χ1v) is 7.23. The number of aromatic nitrogens is 2. The molecule has 1 aromatic heterocycles. The Hall–Kier alpha value is -2.83. The fourth-order valence-corrected chi connectivity index (χ4v) is 2.44. The molecule has 1 N–H and O–H groups in total. The first-order valence-electron chi connectivity index (χ1n) is 7.23. The number of nitrogens with one attached hydrogen (secondary N) is 1. The van der Waals surface area contributed by atoms with Crippen molar-refractivity contribution in [1.29, 1.82) is 0 Å². The molecule has 1 heterocycles. The Morgan fingerprint density at radius 3 is 2.42 bits per heavy atom. The molecule has 7 heteroatoms. The Kier molecular flexibility index (Phi) is 4.01. The molecule has 124 valence electrons. The van der Waals surface area contributed by atoms with E-state index in [0.29, 0.717) is 34.4 Å². The molecule has 24 heavy (non-hydrogen) atoms. The monoisotopic (exact) mass is 334 g/mol. The Morgan fingerprint density at radius 1 is 1.08 bits per heavy atom. The minimum absolute atomic E-state index is 0.367. The highest BCUT2D eigenvalue weighted by Crippen LogP contribution is 2.32. The van der Waals surface area contributed by atoms with Crippen molar-refractivity contribution in [2.75, 3.05) is 6.61 Å². The second kappa shape index (κ2) is 5.99. The molecule has 0 saturated carbocycles. The second-order valence-corrected chi connectivity index (χ2v) is 5.12. The average molecular weight is 334 g/mol. The summed E-state index contributed by atoms with van der Waals surface area (Å²) in [6, 6.07) is 9.60. The maximum Gasteiger partial charge on any atom is 0.416 e. The smallest absolute Gasteiger partial charge is 0.416 e. The number of halogens is 3. The Bertz CT molecular complexity index is 931. The number of fused-ring (bicyclic) bond motifs is 1. The molecule has 0 aliphatic rings. The van der Waals surface area contributed by atoms with E-state index >= 15 is 0 Å². The van der Waals surface area contributed by atoms with Crippen molar-refractivity contribution in [2.24, 2.45) is 0 Å². The number of benzene rings is 2. The summed E-state index contributed by atoms with van der Waals surface area (Å²) in [5.74, 6) is 0.542. The zero-order chi connectivity index (χ0) is 17.3. The zero-order valence-electron chi connectivity index (χ0n) is 12.6. The van der Waals surface area contributed by atoms with Crippen LogP contribution in [-0.4, -0.2) is 16.8 Å². The number of hydrogen-bond acceptors (Lipinski definition) is 3. The van der Waals surface area contributed by atoms with Gasteiger partial charge in [0.15, 0.2) is 0 Å². The summed E-state index contributed by atoms with van der Waals surface area (Å²) in [5.41, 5.74) is -0.240. The number of hydrogen-bond donors (Lipinski definition) is 1. The van der Waals surface area contributed by atoms with Gasteiger partial charge in [0, 0.05) is 10.9 Å². The third-order valence-corrected chi connectivity index (χ3v) is 3.56. The zero-order valence-corrected chi connectivity index (χ0v) is 12.6. The van der Waals surface area contributed by atoms with Crippen LogP contribution in [0.1, 0.15) is 12.5 Å². The van der Waals surface area contributed by atoms with E-state index in [2.05, 4.69) is 10.2 Å². The van der Waals surface area contributed by atoms with E-state index < -0.39 is 11.7 Å². The molecule has 0 aliphatic carbocycles. The normalized spacial score (nSPS) is 11.7. The number of alkyl halides is 3. The molecule has 0 atom stereocenters. The van der Waals surface area contributed by atoms with Crippen molar-refractivity contribution in [3.8, 4) is 17.0 Å². The van der Waals surface area contributed by atoms with Crippen LogP contribution in [-0.2, 0) is 6.18 Å². The van der Waals surface area contributed by atoms with Gasteiger partial charge in [-0.15, -0.1) is 0 Å². The molecule has 3 rings (SSSR count). The molecule has 0 aliphatic heterocycles. The van der Waals surface area contributed by atoms with Crippen LogP contribution >= 0.6 is 0 Å². The maximum absolute atomic E-state index is 12.7. The lowest BCUT2D eigenvalue weighted by Gasteiger charge is -2.09. The van der Waals surface area contributed by atoms with Gasteiger partial charge in [0.25, 0.3) is 5.56 Å². The summed E-state index contributed by atoms with van der Waals surface area (Å²) in [7, 11) is 0. The highest BCUT2D eigenvalue weighted by Gasteiger charge is 2.30. The summed E-state index contributed by atoms with van der Waals surface area (Å²) in [6.07, 6.45) is -4.40. The third-order valence-electron chi connectivity index (χ3n) is 3.56. The largest absolute Gasteiger partial charge is 0.494 e. The molecule has 0 radical (unpaired) electrons. The van der Waals surface area contributed by atoms with Gasteiger partial charge in [-0.2, -0.15) is 18.3 Å². The van der Waals surface area contributed by atoms with Gasteiger partial charge in [0.05, 0.1) is 23.3 Å². The first kappa shape index (κ1) is 16.0. The summed E-state index contributed by atoms with van der Waals surface area (Å²) < 4.78 is 43.4. The van der Waals surface area contributed by atoms with Crippen LogP contribution in [0.3, 0.4) is 0 Å². The Balaban J connectivity index is 2.13. The number of aromatic amines is 1. The van der Waals surface area contributed by atoms with E-state index in [9.17, 15) is 18.0 Å². The summed E-state index contributed by atoms with van der Waals surface area (Å²) in [5, 5.41) is 7.27. The lowest BCUT2D eigenvalue weighted by Crippen LogP contribution is -2.10. The van der Waals surface area contributed by atoms with E-state index in [0.717, 1.165) is 12.1 Å². The molecule has 0 bridgehead atoms. The lowest BCUT2D eigenvalue weighted by molar-refractivity contribution is -0.137. The maximum atomic E-state index is 12.7. The molecule has 4 nitrogen and oxygen atoms in total. The highest BCUT2D eigenvalue weighted by atomic mass is 19.4. The molecule has 0 fully saturated rings. The van der Waals surface area contributed by atoms with Gasteiger partial charge in [0.1, 0.15) is 5.75 Å². The van der Waals surface area contributed by atoms with Crippen LogP contribution in [0.5, 0.6) is 5.75 Å². The Morgan fingerprint density at radius 2 is 1.79 bits per heavy atom. The van der Waals surface area contributed by atoms with Gasteiger partial charge >= 0.3 is 6.18 Å². The van der Waals surface area contributed by atoms with Gasteiger partial charge in [0.2, 0.25) is 0 Å². The fraction of sp³-hybridized carbons (Fsp3) is 0.176. The van der Waals surface area contributed by atoms with Crippen LogP contribution in [0, 0.1) is 0 Å². The van der Waals surface area contributed by atoms with Crippen LogP contribution in [0.4, 0.5) is 13.2 Å². The van der Waals surface area contributed by atoms with Gasteiger partial charge in [-0.05, 0) is 37.3 Å². The van der Waals surface area contributed by atoms with Gasteiger partial charge < -0.3 is 4.74 Å². The van der Waals surface area contributed by atoms with Crippen molar-refractivity contribution < 1.29 is 17.9 Å². The van der Waals surface area contributed by atoms with Crippen molar-refractivity contribution >= 4 is 10.8 Å². The third kappa shape index (κ3) is 2.97. The molecule has 0 unspecified atom stereocenters. The second-order valence-electron chi connectivity index (χ2n) is 5.12. The van der Waals surface area contributed by atoms with E-state index in [-0.39, 0.29) is 5.56 Å². The minimum Gasteiger partial charge on any atom is -0.494 e. The van der Waals surface area contributed by atoms with Crippen LogP contribution in [0.2, 0.25) is 0 Å². The van der Waals surface area contributed by atoms with Crippen LogP contribution < -0.4 is 10.3 Å². The van der Waals surface area contributed by atoms with E-state index in [1.165, 1.54) is 12.1 Å². The molecular formula is C17H13F3N2O2. The van der Waals surface area contributed by atoms with E-state index in [1.807, 2.05) is 6.92 Å². The topological polar surface area (TPSA) is 55.0 Å². The predicted molar refractivity (Wildman–Crippen MR) is 84.0 cm³/mol. The van der Waals surface area contributed by atoms with Crippen molar-refractivity contribution in [2.45, 2.75) is 13.1 Å². The van der Waals surface area contributed by atoms with Gasteiger partial charge in [-0.1, -0.05) is 12.1 Å². The summed E-state index contributed by atoms with van der Waals surface area (Å²) >= 11 is 0. The van der Waals surface area contributed by atoms with E-state index in [1.54, 1.807) is 18.2 Å². The van der Waals surface area contributed by atoms with Crippen molar-refractivity contribution in [1.82, 2.24) is 10.2 Å². The molecule has 0 saturated heterocycles. The number of rotatable bonds is 3. The molecule has 0 amide bonds. The van der Waals surface area contributed by atoms with Gasteiger partial charge in [-0.25, -0.2) is 5.10 Å². The molecule has 3 aromatic rings. The minimum atomic E-state index is -4.40. The molecule has 0 spiro atoms. The summed E-state index contributed by atoms with van der Waals surface area (Å²) in [6.45, 7) is 2.29. The first-order chi connectivity index (χ1) is 11.4. The summed E-state index contributed by atoms with van der Waals surface area (Å²) in [4.78, 5) is 12.0. The standard InChI is InChI=1S/C17H13F3N2O2/c1-2-24-12-7-8-13-14(9-12)16(23)22-21-15(13)10-3-5-11(6-4-10)17(18,19)20/h3-9H,2H2,1H3,(H,22,23). The molecular weight excluding hydrogens is 321 g/mol. The highest BCUT2D eigenvalue weighted by molar-refractivity contribution is 5.94. The van der Waals surface area contributed by atoms with E-state index in [4.69, 9.17) is 4.74 Å². The number of H-pyrrole nitrogens is 1. The predicted octanol–water partition coefficient (Wildman–Crippen LogP) is 4.01. The van der Waals surface area contributed by atoms with Gasteiger partial charge in [-0.3, -0.25) is 4.79 Å². The number of nitrogens with zero attached hydrogens (tertiary/aromatic N) is 1. The molecule has 2 aromatic carbocycles. The van der Waals surface area contributed by atoms with Crippen molar-refractivity contribution in [3.63, 3.8) is 0 Å². The average Bonchev–Trinajstić information content (AvgIpc) is 2.55. The van der Waals surface area contributed by atoms with Crippen LogP contribution in [0.15, 0.2) is 47.3 Å². The quantitative estimate of drug-likeness (QED) is 0.787. The fourth-order valence-electron chi connectivity index (χ4n) is 2.44. The van der Waals surface area contributed by atoms with Crippen LogP contribution in [0.25, 0.3) is 22.0 Å². The number of ether oxygens (including phenoxy) is 1. The SMILES string of the molecule is CCOc1ccc2c(-c3ccc(C(F)(F)F)cc3)n[nH]c(=O)c2c1. The van der Waals surface area contributed by atoms with Crippen molar-refractivity contribution in [3.05, 3.63) is 58.4 Å². The Labute approximate surface area is 134 Å². The lowest BCUT2D eigenvalue weighted by atomic mass is 10.0.